The van der Waals surface area contributed by atoms with Crippen LogP contribution in [0.15, 0.2) is 6.07 Å². The summed E-state index contributed by atoms with van der Waals surface area (Å²) in [6.45, 7) is 0. The van der Waals surface area contributed by atoms with E-state index in [1.807, 2.05) is 0 Å². The number of rotatable bonds is 3. The molecule has 1 aromatic rings. The van der Waals surface area contributed by atoms with E-state index < -0.39 is 6.10 Å². The van der Waals surface area contributed by atoms with E-state index in [2.05, 4.69) is 0 Å². The monoisotopic (exact) mass is 239 g/mol. The largest absolute Gasteiger partial charge is 0.496 e. The summed E-state index contributed by atoms with van der Waals surface area (Å²) in [5.41, 5.74) is 7.47. The van der Waals surface area contributed by atoms with Crippen molar-refractivity contribution >= 4 is 0 Å². The molecule has 94 valence electrons. The molecular formula is C12H17NO4. The number of hydrogen-bond donors (Lipinski definition) is 2. The summed E-state index contributed by atoms with van der Waals surface area (Å²) in [6, 6.07) is 1.49. The highest BCUT2D eigenvalue weighted by atomic mass is 16.5. The van der Waals surface area contributed by atoms with E-state index in [-0.39, 0.29) is 6.04 Å². The van der Waals surface area contributed by atoms with Gasteiger partial charge in [0.2, 0.25) is 0 Å². The minimum Gasteiger partial charge on any atom is -0.496 e. The molecule has 0 spiro atoms. The molecule has 1 aliphatic carbocycles. The number of aliphatic hydroxyl groups is 1. The Morgan fingerprint density at radius 3 is 2.29 bits per heavy atom. The molecule has 0 aromatic heterocycles. The topological polar surface area (TPSA) is 73.9 Å². The zero-order valence-corrected chi connectivity index (χ0v) is 10.2. The molecule has 17 heavy (non-hydrogen) atoms. The Morgan fingerprint density at radius 1 is 1.12 bits per heavy atom. The van der Waals surface area contributed by atoms with Gasteiger partial charge in [0.25, 0.3) is 0 Å². The maximum atomic E-state index is 10.0. The van der Waals surface area contributed by atoms with Gasteiger partial charge in [-0.3, -0.25) is 0 Å². The van der Waals surface area contributed by atoms with E-state index in [1.165, 1.54) is 0 Å². The number of benzene rings is 1. The van der Waals surface area contributed by atoms with Crippen molar-refractivity contribution in [3.8, 4) is 17.2 Å². The molecule has 0 amide bonds. The van der Waals surface area contributed by atoms with Crippen molar-refractivity contribution in [3.05, 3.63) is 17.2 Å². The first kappa shape index (κ1) is 12.0. The van der Waals surface area contributed by atoms with Gasteiger partial charge >= 0.3 is 0 Å². The fraction of sp³-hybridized carbons (Fsp3) is 0.500. The lowest BCUT2D eigenvalue weighted by Gasteiger charge is -2.17. The van der Waals surface area contributed by atoms with Crippen molar-refractivity contribution in [2.75, 3.05) is 21.3 Å². The molecule has 0 saturated heterocycles. The third kappa shape index (κ3) is 1.71. The van der Waals surface area contributed by atoms with Crippen molar-refractivity contribution in [3.63, 3.8) is 0 Å². The van der Waals surface area contributed by atoms with E-state index in [4.69, 9.17) is 19.9 Å². The van der Waals surface area contributed by atoms with Gasteiger partial charge in [-0.15, -0.1) is 0 Å². The van der Waals surface area contributed by atoms with E-state index >= 15 is 0 Å². The average molecular weight is 239 g/mol. The number of fused-ring (bicyclic) bond motifs is 1. The highest BCUT2D eigenvalue weighted by Gasteiger charge is 2.35. The highest BCUT2D eigenvalue weighted by molar-refractivity contribution is 5.61. The van der Waals surface area contributed by atoms with Crippen LogP contribution in [0.3, 0.4) is 0 Å². The van der Waals surface area contributed by atoms with Gasteiger partial charge in [0, 0.05) is 23.2 Å². The van der Waals surface area contributed by atoms with Gasteiger partial charge in [0.1, 0.15) is 5.75 Å². The van der Waals surface area contributed by atoms with Crippen LogP contribution in [-0.2, 0) is 0 Å². The van der Waals surface area contributed by atoms with Crippen LogP contribution < -0.4 is 19.9 Å². The molecule has 1 aliphatic rings. The molecule has 2 atom stereocenters. The summed E-state index contributed by atoms with van der Waals surface area (Å²) < 4.78 is 15.8. The van der Waals surface area contributed by atoms with Gasteiger partial charge in [-0.05, 0) is 6.42 Å². The number of ether oxygens (including phenoxy) is 3. The van der Waals surface area contributed by atoms with Crippen LogP contribution in [0.2, 0.25) is 0 Å². The van der Waals surface area contributed by atoms with Crippen LogP contribution in [0, 0.1) is 0 Å². The summed E-state index contributed by atoms with van der Waals surface area (Å²) >= 11 is 0. The Labute approximate surface area is 100 Å². The molecule has 5 nitrogen and oxygen atoms in total. The Balaban J connectivity index is 2.70. The third-order valence-electron chi connectivity index (χ3n) is 3.11. The van der Waals surface area contributed by atoms with Crippen LogP contribution in [0.1, 0.15) is 29.7 Å². The summed E-state index contributed by atoms with van der Waals surface area (Å²) in [5.74, 6) is 1.70. The van der Waals surface area contributed by atoms with E-state index in [1.54, 1.807) is 27.4 Å². The third-order valence-corrected chi connectivity index (χ3v) is 3.11. The first-order valence-electron chi connectivity index (χ1n) is 5.40. The van der Waals surface area contributed by atoms with Crippen molar-refractivity contribution in [1.29, 1.82) is 0 Å². The second-order valence-electron chi connectivity index (χ2n) is 4.00. The van der Waals surface area contributed by atoms with Gasteiger partial charge in [0.05, 0.1) is 27.4 Å². The van der Waals surface area contributed by atoms with Crippen molar-refractivity contribution < 1.29 is 19.3 Å². The molecule has 1 aromatic carbocycles. The number of methoxy groups -OCH3 is 3. The zero-order chi connectivity index (χ0) is 12.6. The van der Waals surface area contributed by atoms with Crippen LogP contribution in [-0.4, -0.2) is 26.4 Å². The molecule has 5 heteroatoms. The molecule has 0 heterocycles. The predicted molar refractivity (Wildman–Crippen MR) is 62.6 cm³/mol. The van der Waals surface area contributed by atoms with Crippen LogP contribution >= 0.6 is 0 Å². The van der Waals surface area contributed by atoms with Gasteiger partial charge in [0.15, 0.2) is 11.5 Å². The van der Waals surface area contributed by atoms with Gasteiger partial charge in [-0.2, -0.15) is 0 Å². The van der Waals surface area contributed by atoms with Crippen LogP contribution in [0.5, 0.6) is 17.2 Å². The first-order chi connectivity index (χ1) is 8.13. The zero-order valence-electron chi connectivity index (χ0n) is 10.2. The summed E-state index contributed by atoms with van der Waals surface area (Å²) in [4.78, 5) is 0. The van der Waals surface area contributed by atoms with Gasteiger partial charge in [-0.25, -0.2) is 0 Å². The van der Waals surface area contributed by atoms with Crippen LogP contribution in [0.4, 0.5) is 0 Å². The van der Waals surface area contributed by atoms with Gasteiger partial charge < -0.3 is 25.1 Å². The maximum absolute atomic E-state index is 10.0. The van der Waals surface area contributed by atoms with Crippen molar-refractivity contribution in [2.45, 2.75) is 18.6 Å². The first-order valence-corrected chi connectivity index (χ1v) is 5.40. The summed E-state index contributed by atoms with van der Waals surface area (Å²) in [6.07, 6.45) is -0.172. The molecule has 2 rings (SSSR count). The molecule has 3 N–H and O–H groups in total. The second kappa shape index (κ2) is 4.43. The maximum Gasteiger partial charge on any atom is 0.167 e. The highest BCUT2D eigenvalue weighted by Crippen LogP contribution is 2.51. The summed E-state index contributed by atoms with van der Waals surface area (Å²) in [7, 11) is 4.66. The minimum absolute atomic E-state index is 0.241. The van der Waals surface area contributed by atoms with E-state index in [0.29, 0.717) is 29.2 Å². The van der Waals surface area contributed by atoms with Crippen molar-refractivity contribution in [2.24, 2.45) is 5.73 Å². The Bertz CT molecular complexity index is 433. The minimum atomic E-state index is -0.640. The normalized spacial score (nSPS) is 22.2. The second-order valence-corrected chi connectivity index (χ2v) is 4.00. The number of nitrogens with two attached hydrogens (primary N) is 1. The standard InChI is InChI=1S/C12H17NO4/c1-15-8-5-9(16-2)12(17-3)11-7(14)4-6(13)10(8)11/h5-7,14H,4,13H2,1-3H3. The molecule has 0 bridgehead atoms. The number of hydrogen-bond acceptors (Lipinski definition) is 5. The smallest absolute Gasteiger partial charge is 0.167 e. The Morgan fingerprint density at radius 2 is 1.76 bits per heavy atom. The van der Waals surface area contributed by atoms with E-state index in [9.17, 15) is 5.11 Å². The molecule has 0 fully saturated rings. The van der Waals surface area contributed by atoms with E-state index in [0.717, 1.165) is 5.56 Å². The fourth-order valence-electron chi connectivity index (χ4n) is 2.37. The average Bonchev–Trinajstić information content (AvgIpc) is 2.63. The van der Waals surface area contributed by atoms with Crippen LogP contribution in [0.25, 0.3) is 0 Å². The van der Waals surface area contributed by atoms with Gasteiger partial charge in [-0.1, -0.05) is 0 Å². The molecule has 0 aliphatic heterocycles. The lowest BCUT2D eigenvalue weighted by atomic mass is 10.0. The molecular weight excluding hydrogens is 222 g/mol. The molecule has 0 saturated carbocycles. The SMILES string of the molecule is COc1cc(OC)c2c(c1OC)C(O)CC2N. The summed E-state index contributed by atoms with van der Waals surface area (Å²) in [5, 5.41) is 10.0. The lowest BCUT2D eigenvalue weighted by Crippen LogP contribution is -2.08. The van der Waals surface area contributed by atoms with Crippen molar-refractivity contribution in [1.82, 2.24) is 0 Å². The predicted octanol–water partition coefficient (Wildman–Crippen LogP) is 1.15. The Hall–Kier alpha value is -1.46. The quantitative estimate of drug-likeness (QED) is 0.827. The Kier molecular flexibility index (Phi) is 3.13. The molecule has 2 unspecified atom stereocenters. The molecule has 0 radical (unpaired) electrons. The fourth-order valence-corrected chi connectivity index (χ4v) is 2.37. The number of aliphatic hydroxyl groups excluding tert-OH is 1. The lowest BCUT2D eigenvalue weighted by molar-refractivity contribution is 0.169.